The second kappa shape index (κ2) is 35.1. The van der Waals surface area contributed by atoms with Gasteiger partial charge < -0.3 is 9.47 Å². The Labute approximate surface area is 356 Å². The highest BCUT2D eigenvalue weighted by molar-refractivity contribution is 7.89. The van der Waals surface area contributed by atoms with Gasteiger partial charge in [0.2, 0.25) is 0 Å². The number of benzene rings is 1. The van der Waals surface area contributed by atoms with Crippen LogP contribution in [-0.2, 0) is 10.0 Å². The molecule has 0 spiro atoms. The van der Waals surface area contributed by atoms with Crippen molar-refractivity contribution in [3.8, 4) is 11.5 Å². The number of amides is 1. The maximum absolute atomic E-state index is 13.3. The van der Waals surface area contributed by atoms with Gasteiger partial charge in [-0.05, 0) is 49.3 Å². The van der Waals surface area contributed by atoms with Gasteiger partial charge in [-0.15, -0.1) is 0 Å². The summed E-state index contributed by atoms with van der Waals surface area (Å²) in [5, 5.41) is 0. The highest BCUT2D eigenvalue weighted by atomic mass is 32.2. The molecule has 1 aliphatic carbocycles. The van der Waals surface area contributed by atoms with Gasteiger partial charge in [0.15, 0.2) is 0 Å². The van der Waals surface area contributed by atoms with Gasteiger partial charge in [-0.2, -0.15) is 4.40 Å². The first-order chi connectivity index (χ1) is 28.3. The Morgan fingerprint density at radius 1 is 0.448 bits per heavy atom. The summed E-state index contributed by atoms with van der Waals surface area (Å²) in [6.07, 6.45) is 49.8. The van der Waals surface area contributed by atoms with E-state index in [2.05, 4.69) is 23.2 Å². The first-order valence-electron chi connectivity index (χ1n) is 24.0. The Hall–Kier alpha value is -2.74. The van der Waals surface area contributed by atoms with Crippen molar-refractivity contribution in [1.29, 1.82) is 0 Å². The number of sulfonamides is 1. The molecule has 8 heteroatoms. The number of nitrogens with zero attached hydrogens (tertiary/aromatic N) is 2. The molecule has 330 valence electrons. The van der Waals surface area contributed by atoms with E-state index in [0.29, 0.717) is 41.7 Å². The molecule has 58 heavy (non-hydrogen) atoms. The number of aliphatic imine (C=N–C) groups is 1. The van der Waals surface area contributed by atoms with Gasteiger partial charge in [0.25, 0.3) is 15.9 Å². The van der Waals surface area contributed by atoms with Crippen LogP contribution in [0.2, 0.25) is 0 Å². The van der Waals surface area contributed by atoms with Gasteiger partial charge in [-0.1, -0.05) is 206 Å². The van der Waals surface area contributed by atoms with Crippen molar-refractivity contribution >= 4 is 27.4 Å². The van der Waals surface area contributed by atoms with E-state index in [4.69, 9.17) is 9.47 Å². The zero-order valence-corrected chi connectivity index (χ0v) is 38.2. The third-order valence-corrected chi connectivity index (χ3v) is 11.6. The molecule has 0 bridgehead atoms. The van der Waals surface area contributed by atoms with Crippen LogP contribution in [0.1, 0.15) is 230 Å². The van der Waals surface area contributed by atoms with Gasteiger partial charge in [-0.3, -0.25) is 4.79 Å². The maximum atomic E-state index is 13.3. The topological polar surface area (TPSA) is 94.4 Å². The van der Waals surface area contributed by atoms with Crippen LogP contribution in [0.25, 0.3) is 0 Å². The lowest BCUT2D eigenvalue weighted by molar-refractivity contribution is 0.100. The first kappa shape index (κ1) is 51.4. The summed E-state index contributed by atoms with van der Waals surface area (Å²) in [5.41, 5.74) is 1.12. The van der Waals surface area contributed by atoms with Crippen molar-refractivity contribution in [1.82, 2.24) is 0 Å². The number of hydrogen-bond acceptors (Lipinski definition) is 5. The molecule has 0 aliphatic heterocycles. The molecule has 0 aromatic heterocycles. The summed E-state index contributed by atoms with van der Waals surface area (Å²) in [6, 6.07) is 5.37. The van der Waals surface area contributed by atoms with E-state index in [1.807, 2.05) is 6.07 Å². The van der Waals surface area contributed by atoms with Crippen LogP contribution < -0.4 is 9.47 Å². The second-order valence-corrected chi connectivity index (χ2v) is 18.4. The van der Waals surface area contributed by atoms with Crippen molar-refractivity contribution in [2.75, 3.05) is 19.5 Å². The van der Waals surface area contributed by atoms with Crippen LogP contribution in [-0.4, -0.2) is 45.2 Å². The molecule has 1 amide bonds. The molecule has 0 heterocycles. The summed E-state index contributed by atoms with van der Waals surface area (Å²) >= 11 is 0. The zero-order chi connectivity index (χ0) is 41.8. The molecular formula is C50H84N2O5S. The van der Waals surface area contributed by atoms with E-state index < -0.39 is 15.9 Å². The molecular weight excluding hydrogens is 741 g/mol. The largest absolute Gasteiger partial charge is 0.493 e. The first-order valence-corrected chi connectivity index (χ1v) is 25.9. The maximum Gasteiger partial charge on any atom is 0.277 e. The van der Waals surface area contributed by atoms with Crippen LogP contribution in [0.15, 0.2) is 51.9 Å². The van der Waals surface area contributed by atoms with Gasteiger partial charge in [0.1, 0.15) is 11.5 Å². The standard InChI is InChI=1S/C50H84N2O5S/c1-4-6-8-10-12-14-16-18-20-22-24-26-28-30-32-34-40-56-48-42-45(50(53)51-46-36-38-47(39-37-46)52-58(3,54)55)43-49(44-48)57-41-35-33-31-29-27-25-23-21-19-17-15-13-11-9-7-5-2/h36-39,42-44H,4-35,40-41H2,1-3H3. The van der Waals surface area contributed by atoms with E-state index in [1.165, 1.54) is 192 Å². The number of rotatable bonds is 38. The summed E-state index contributed by atoms with van der Waals surface area (Å²) in [4.78, 5) is 17.6. The van der Waals surface area contributed by atoms with E-state index in [1.54, 1.807) is 24.3 Å². The minimum Gasteiger partial charge on any atom is -0.493 e. The molecule has 1 aromatic rings. The molecule has 1 aliphatic rings. The quantitative estimate of drug-likeness (QED) is 0.0489. The summed E-state index contributed by atoms with van der Waals surface area (Å²) < 4.78 is 39.0. The Morgan fingerprint density at radius 2 is 0.741 bits per heavy atom. The lowest BCUT2D eigenvalue weighted by Crippen LogP contribution is -2.07. The third-order valence-electron chi connectivity index (χ3n) is 11.0. The molecule has 2 rings (SSSR count). The van der Waals surface area contributed by atoms with E-state index in [-0.39, 0.29) is 0 Å². The molecule has 0 fully saturated rings. The monoisotopic (exact) mass is 825 g/mol. The molecule has 0 unspecified atom stereocenters. The number of carbonyl (C=O) groups is 1. The van der Waals surface area contributed by atoms with Crippen molar-refractivity contribution < 1.29 is 22.7 Å². The summed E-state index contributed by atoms with van der Waals surface area (Å²) in [7, 11) is -3.52. The van der Waals surface area contributed by atoms with Crippen LogP contribution in [0.5, 0.6) is 11.5 Å². The Bertz CT molecular complexity index is 1360. The summed E-state index contributed by atoms with van der Waals surface area (Å²) in [5.74, 6) is 0.825. The lowest BCUT2D eigenvalue weighted by Gasteiger charge is -2.12. The normalized spacial score (nSPS) is 12.7. The smallest absolute Gasteiger partial charge is 0.277 e. The van der Waals surface area contributed by atoms with E-state index in [9.17, 15) is 13.2 Å². The Balaban J connectivity index is 1.71. The molecule has 0 N–H and O–H groups in total. The molecule has 7 nitrogen and oxygen atoms in total. The van der Waals surface area contributed by atoms with E-state index >= 15 is 0 Å². The van der Waals surface area contributed by atoms with Gasteiger partial charge in [0, 0.05) is 11.6 Å². The average Bonchev–Trinajstić information content (AvgIpc) is 3.20. The highest BCUT2D eigenvalue weighted by Gasteiger charge is 2.12. The summed E-state index contributed by atoms with van der Waals surface area (Å²) in [6.45, 7) is 5.75. The Kier molecular flexibility index (Phi) is 31.1. The van der Waals surface area contributed by atoms with Gasteiger partial charge in [0.05, 0.1) is 30.9 Å². The fourth-order valence-electron chi connectivity index (χ4n) is 7.50. The van der Waals surface area contributed by atoms with Gasteiger partial charge >= 0.3 is 0 Å². The third kappa shape index (κ3) is 29.5. The number of hydrogen-bond donors (Lipinski definition) is 0. The molecule has 0 radical (unpaired) electrons. The lowest BCUT2D eigenvalue weighted by atomic mass is 10.0. The predicted octanol–water partition coefficient (Wildman–Crippen LogP) is 15.1. The van der Waals surface area contributed by atoms with Crippen molar-refractivity contribution in [3.05, 3.63) is 48.1 Å². The van der Waals surface area contributed by atoms with Crippen LogP contribution in [0.3, 0.4) is 0 Å². The minimum absolute atomic E-state index is 0.295. The molecule has 0 saturated carbocycles. The van der Waals surface area contributed by atoms with E-state index in [0.717, 1.165) is 31.9 Å². The van der Waals surface area contributed by atoms with Crippen LogP contribution in [0, 0.1) is 0 Å². The van der Waals surface area contributed by atoms with Crippen molar-refractivity contribution in [2.24, 2.45) is 9.39 Å². The highest BCUT2D eigenvalue weighted by Crippen LogP contribution is 2.25. The fourth-order valence-corrected chi connectivity index (χ4v) is 8.01. The average molecular weight is 825 g/mol. The number of carbonyl (C=O) groups excluding carboxylic acids is 1. The van der Waals surface area contributed by atoms with Crippen LogP contribution in [0.4, 0.5) is 0 Å². The number of allylic oxidation sites excluding steroid dienone is 4. The molecule has 0 saturated heterocycles. The Morgan fingerprint density at radius 3 is 1.05 bits per heavy atom. The van der Waals surface area contributed by atoms with Crippen molar-refractivity contribution in [2.45, 2.75) is 219 Å². The molecule has 0 atom stereocenters. The van der Waals surface area contributed by atoms with Gasteiger partial charge in [-0.25, -0.2) is 13.4 Å². The number of ether oxygens (including phenoxy) is 2. The zero-order valence-electron chi connectivity index (χ0n) is 37.4. The number of unbranched alkanes of at least 4 members (excludes halogenated alkanes) is 30. The van der Waals surface area contributed by atoms with Crippen LogP contribution >= 0.6 is 0 Å². The predicted molar refractivity (Wildman–Crippen MR) is 249 cm³/mol. The molecule has 1 aromatic carbocycles. The second-order valence-electron chi connectivity index (χ2n) is 16.8. The SMILES string of the molecule is CCCCCCCCCCCCCCCCCCOc1cc(OCCCCCCCCCCCCCCCCCC)cc(C(=O)N=C2C=CC(=NS(C)(=O)=O)C=C2)c1. The fraction of sp³-hybridized carbons (Fsp3) is 0.740. The van der Waals surface area contributed by atoms with Crippen molar-refractivity contribution in [3.63, 3.8) is 0 Å². The minimum atomic E-state index is -3.52.